The van der Waals surface area contributed by atoms with Crippen molar-refractivity contribution in [2.24, 2.45) is 0 Å². The van der Waals surface area contributed by atoms with Crippen molar-refractivity contribution in [2.75, 3.05) is 0 Å². The Morgan fingerprint density at radius 2 is 1.46 bits per heavy atom. The molecule has 0 fully saturated rings. The molecule has 26 heavy (non-hydrogen) atoms. The number of benzene rings is 3. The summed E-state index contributed by atoms with van der Waals surface area (Å²) in [4.78, 5) is 0. The molecule has 0 radical (unpaired) electrons. The van der Waals surface area contributed by atoms with E-state index in [1.54, 1.807) is 12.1 Å². The molecule has 0 atom stereocenters. The molecular formula is C24H24BrF. The number of halogens is 2. The van der Waals surface area contributed by atoms with Gasteiger partial charge in [-0.1, -0.05) is 68.8 Å². The number of hydrogen-bond donors (Lipinski definition) is 0. The summed E-state index contributed by atoms with van der Waals surface area (Å²) >= 11 is 3.22. The molecule has 0 saturated carbocycles. The van der Waals surface area contributed by atoms with Crippen molar-refractivity contribution < 1.29 is 4.39 Å². The van der Waals surface area contributed by atoms with Crippen LogP contribution in [0.4, 0.5) is 4.39 Å². The first kappa shape index (κ1) is 18.8. The first-order valence-electron chi connectivity index (χ1n) is 9.30. The molecule has 0 N–H and O–H groups in total. The number of rotatable bonds is 6. The molecule has 0 heterocycles. The molecule has 3 rings (SSSR count). The van der Waals surface area contributed by atoms with Gasteiger partial charge in [0.2, 0.25) is 0 Å². The Kier molecular flexibility index (Phi) is 6.26. The van der Waals surface area contributed by atoms with E-state index in [-0.39, 0.29) is 5.82 Å². The molecule has 0 unspecified atom stereocenters. The van der Waals surface area contributed by atoms with Gasteiger partial charge in [-0.25, -0.2) is 4.39 Å². The number of unbranched alkanes of at least 4 members (excludes halogenated alkanes) is 1. The molecule has 0 spiro atoms. The quantitative estimate of drug-likeness (QED) is 0.388. The maximum absolute atomic E-state index is 13.9. The van der Waals surface area contributed by atoms with E-state index in [4.69, 9.17) is 0 Å². The summed E-state index contributed by atoms with van der Waals surface area (Å²) < 4.78 is 14.4. The van der Waals surface area contributed by atoms with Crippen LogP contribution in [0.5, 0.6) is 0 Å². The summed E-state index contributed by atoms with van der Waals surface area (Å²) in [5.41, 5.74) is 7.15. The van der Waals surface area contributed by atoms with Gasteiger partial charge in [0, 0.05) is 0 Å². The van der Waals surface area contributed by atoms with E-state index in [0.717, 1.165) is 24.0 Å². The molecule has 3 aromatic carbocycles. The van der Waals surface area contributed by atoms with Crippen LogP contribution in [0, 0.1) is 5.82 Å². The highest BCUT2D eigenvalue weighted by Gasteiger charge is 2.08. The van der Waals surface area contributed by atoms with E-state index in [9.17, 15) is 4.39 Å². The Morgan fingerprint density at radius 1 is 0.808 bits per heavy atom. The van der Waals surface area contributed by atoms with Crippen molar-refractivity contribution in [3.05, 3.63) is 82.1 Å². The third-order valence-corrected chi connectivity index (χ3v) is 5.47. The lowest BCUT2D eigenvalue weighted by molar-refractivity contribution is 0.621. The second-order valence-electron chi connectivity index (χ2n) is 6.65. The zero-order chi connectivity index (χ0) is 18.5. The molecule has 0 nitrogen and oxygen atoms in total. The Labute approximate surface area is 164 Å². The van der Waals surface area contributed by atoms with Crippen LogP contribution in [0.1, 0.15) is 37.8 Å². The van der Waals surface area contributed by atoms with Gasteiger partial charge in [0.1, 0.15) is 5.82 Å². The number of aryl methyl sites for hydroxylation is 2. The smallest absolute Gasteiger partial charge is 0.137 e. The van der Waals surface area contributed by atoms with Gasteiger partial charge >= 0.3 is 0 Å². The van der Waals surface area contributed by atoms with Gasteiger partial charge in [0.25, 0.3) is 0 Å². The Hall–Kier alpha value is -1.93. The largest absolute Gasteiger partial charge is 0.206 e. The second-order valence-corrected chi connectivity index (χ2v) is 7.51. The Balaban J connectivity index is 1.92. The van der Waals surface area contributed by atoms with E-state index in [1.807, 2.05) is 6.07 Å². The zero-order valence-electron chi connectivity index (χ0n) is 15.4. The van der Waals surface area contributed by atoms with Gasteiger partial charge in [-0.2, -0.15) is 0 Å². The molecule has 0 aliphatic rings. The standard InChI is InChI=1S/C24H24BrF/c1-3-5-6-17-7-9-19(10-8-17)22-13-11-20(15-18(22)4-2)21-12-14-23(25)24(26)16-21/h7-16H,3-6H2,1-2H3. The molecule has 0 amide bonds. The number of hydrogen-bond acceptors (Lipinski definition) is 0. The van der Waals surface area contributed by atoms with Gasteiger partial charge in [-0.3, -0.25) is 0 Å². The van der Waals surface area contributed by atoms with Crippen molar-refractivity contribution in [3.8, 4) is 22.3 Å². The molecule has 0 saturated heterocycles. The third-order valence-electron chi connectivity index (χ3n) is 4.82. The van der Waals surface area contributed by atoms with Crippen molar-refractivity contribution >= 4 is 15.9 Å². The van der Waals surface area contributed by atoms with Crippen LogP contribution >= 0.6 is 15.9 Å². The SMILES string of the molecule is CCCCc1ccc(-c2ccc(-c3ccc(Br)c(F)c3)cc2CC)cc1. The highest BCUT2D eigenvalue weighted by atomic mass is 79.9. The van der Waals surface area contributed by atoms with Gasteiger partial charge in [-0.15, -0.1) is 0 Å². The Bertz CT molecular complexity index is 881. The molecule has 0 bridgehead atoms. The maximum Gasteiger partial charge on any atom is 0.137 e. The van der Waals surface area contributed by atoms with Crippen LogP contribution < -0.4 is 0 Å². The predicted molar refractivity (Wildman–Crippen MR) is 113 cm³/mol. The van der Waals surface area contributed by atoms with Gasteiger partial charge in [-0.05, 0) is 80.7 Å². The lowest BCUT2D eigenvalue weighted by Crippen LogP contribution is -1.91. The molecule has 2 heteroatoms. The maximum atomic E-state index is 13.9. The molecule has 134 valence electrons. The highest BCUT2D eigenvalue weighted by Crippen LogP contribution is 2.31. The molecular weight excluding hydrogens is 387 g/mol. The lowest BCUT2D eigenvalue weighted by Gasteiger charge is -2.12. The molecule has 0 aromatic heterocycles. The minimum Gasteiger partial charge on any atom is -0.206 e. The average Bonchev–Trinajstić information content (AvgIpc) is 2.68. The first-order valence-corrected chi connectivity index (χ1v) is 10.1. The summed E-state index contributed by atoms with van der Waals surface area (Å²) in [6.07, 6.45) is 4.54. The van der Waals surface area contributed by atoms with Crippen LogP contribution in [-0.4, -0.2) is 0 Å². The summed E-state index contributed by atoms with van der Waals surface area (Å²) in [5, 5.41) is 0. The third kappa shape index (κ3) is 4.24. The summed E-state index contributed by atoms with van der Waals surface area (Å²) in [7, 11) is 0. The molecule has 0 aliphatic carbocycles. The minimum atomic E-state index is -0.229. The van der Waals surface area contributed by atoms with Crippen LogP contribution in [-0.2, 0) is 12.8 Å². The second kappa shape index (κ2) is 8.64. The van der Waals surface area contributed by atoms with Crippen LogP contribution in [0.3, 0.4) is 0 Å². The Morgan fingerprint density at radius 3 is 2.12 bits per heavy atom. The van der Waals surface area contributed by atoms with Crippen molar-refractivity contribution in [3.63, 3.8) is 0 Å². The monoisotopic (exact) mass is 410 g/mol. The van der Waals surface area contributed by atoms with E-state index < -0.39 is 0 Å². The van der Waals surface area contributed by atoms with Gasteiger partial charge < -0.3 is 0 Å². The normalized spacial score (nSPS) is 10.9. The summed E-state index contributed by atoms with van der Waals surface area (Å²) in [6, 6.07) is 20.6. The van der Waals surface area contributed by atoms with Crippen molar-refractivity contribution in [1.29, 1.82) is 0 Å². The highest BCUT2D eigenvalue weighted by molar-refractivity contribution is 9.10. The average molecular weight is 411 g/mol. The fourth-order valence-corrected chi connectivity index (χ4v) is 3.50. The lowest BCUT2D eigenvalue weighted by atomic mass is 9.93. The van der Waals surface area contributed by atoms with Crippen molar-refractivity contribution in [2.45, 2.75) is 39.5 Å². The van der Waals surface area contributed by atoms with Crippen LogP contribution in [0.15, 0.2) is 65.1 Å². The van der Waals surface area contributed by atoms with E-state index in [2.05, 4.69) is 72.2 Å². The van der Waals surface area contributed by atoms with Crippen molar-refractivity contribution in [1.82, 2.24) is 0 Å². The summed E-state index contributed by atoms with van der Waals surface area (Å²) in [6.45, 7) is 4.39. The zero-order valence-corrected chi connectivity index (χ0v) is 16.9. The van der Waals surface area contributed by atoms with E-state index in [1.165, 1.54) is 35.1 Å². The van der Waals surface area contributed by atoms with E-state index in [0.29, 0.717) is 4.47 Å². The molecule has 3 aromatic rings. The minimum absolute atomic E-state index is 0.229. The fraction of sp³-hybridized carbons (Fsp3) is 0.250. The topological polar surface area (TPSA) is 0 Å². The summed E-state index contributed by atoms with van der Waals surface area (Å²) in [5.74, 6) is -0.229. The predicted octanol–water partition coefficient (Wildman–Crippen LogP) is 7.83. The van der Waals surface area contributed by atoms with E-state index >= 15 is 0 Å². The van der Waals surface area contributed by atoms with Gasteiger partial charge in [0.05, 0.1) is 4.47 Å². The molecule has 0 aliphatic heterocycles. The van der Waals surface area contributed by atoms with Crippen LogP contribution in [0.25, 0.3) is 22.3 Å². The first-order chi connectivity index (χ1) is 12.6. The van der Waals surface area contributed by atoms with Crippen LogP contribution in [0.2, 0.25) is 0 Å². The van der Waals surface area contributed by atoms with Gasteiger partial charge in [0.15, 0.2) is 0 Å². The fourth-order valence-electron chi connectivity index (χ4n) is 3.25.